The molecular formula is C34H24Cl2N2O4. The lowest BCUT2D eigenvalue weighted by Crippen LogP contribution is -2.49. The Morgan fingerprint density at radius 3 is 2.50 bits per heavy atom. The van der Waals surface area contributed by atoms with Crippen molar-refractivity contribution >= 4 is 52.4 Å². The van der Waals surface area contributed by atoms with Gasteiger partial charge < -0.3 is 15.0 Å². The van der Waals surface area contributed by atoms with E-state index in [1.165, 1.54) is 13.2 Å². The third-order valence-electron chi connectivity index (χ3n) is 8.67. The zero-order valence-corrected chi connectivity index (χ0v) is 23.9. The topological polar surface area (TPSA) is 75.7 Å². The summed E-state index contributed by atoms with van der Waals surface area (Å²) in [7, 11) is 1.53. The van der Waals surface area contributed by atoms with E-state index in [2.05, 4.69) is 5.32 Å². The molecule has 1 spiro atoms. The van der Waals surface area contributed by atoms with Crippen LogP contribution in [0.5, 0.6) is 5.75 Å². The number of methoxy groups -OCH3 is 1. The summed E-state index contributed by atoms with van der Waals surface area (Å²) in [6.07, 6.45) is 3.76. The van der Waals surface area contributed by atoms with Crippen LogP contribution < -0.4 is 10.1 Å². The molecule has 1 amide bonds. The van der Waals surface area contributed by atoms with Gasteiger partial charge in [0.25, 0.3) is 0 Å². The molecule has 0 radical (unpaired) electrons. The molecule has 0 aromatic heterocycles. The first-order valence-corrected chi connectivity index (χ1v) is 14.2. The highest BCUT2D eigenvalue weighted by atomic mass is 35.5. The number of carbonyl (C=O) groups excluding carboxylic acids is 3. The molecule has 4 atom stereocenters. The highest BCUT2D eigenvalue weighted by Gasteiger charge is 2.70. The van der Waals surface area contributed by atoms with Crippen LogP contribution >= 0.6 is 23.2 Å². The number of hydrogen-bond donors (Lipinski definition) is 1. The van der Waals surface area contributed by atoms with E-state index in [0.29, 0.717) is 27.6 Å². The number of halogens is 2. The van der Waals surface area contributed by atoms with Crippen LogP contribution in [0.1, 0.15) is 43.4 Å². The first-order valence-electron chi connectivity index (χ1n) is 13.5. The number of nitrogens with zero attached hydrogens (tertiary/aromatic N) is 1. The third-order valence-corrected chi connectivity index (χ3v) is 9.22. The number of Topliss-reactive ketones (excluding diaryl/α,β-unsaturated/α-hetero) is 2. The molecule has 208 valence electrons. The number of para-hydroxylation sites is 1. The molecule has 0 unspecified atom stereocenters. The Kier molecular flexibility index (Phi) is 6.22. The number of hydrogen-bond acceptors (Lipinski definition) is 5. The van der Waals surface area contributed by atoms with Crippen LogP contribution in [0.4, 0.5) is 5.69 Å². The minimum Gasteiger partial charge on any atom is -0.497 e. The number of rotatable bonds is 5. The second-order valence-corrected chi connectivity index (χ2v) is 11.5. The Hall–Kier alpha value is -4.39. The third kappa shape index (κ3) is 3.68. The Morgan fingerprint density at radius 1 is 0.905 bits per heavy atom. The molecule has 42 heavy (non-hydrogen) atoms. The van der Waals surface area contributed by atoms with Gasteiger partial charge in [-0.3, -0.25) is 14.4 Å². The molecule has 4 aromatic rings. The summed E-state index contributed by atoms with van der Waals surface area (Å²) in [6.45, 7) is 0. The molecule has 7 rings (SSSR count). The van der Waals surface area contributed by atoms with Gasteiger partial charge in [0.05, 0.1) is 24.1 Å². The van der Waals surface area contributed by atoms with Gasteiger partial charge in [0.15, 0.2) is 11.6 Å². The largest absolute Gasteiger partial charge is 0.497 e. The van der Waals surface area contributed by atoms with E-state index in [4.69, 9.17) is 27.9 Å². The lowest BCUT2D eigenvalue weighted by Gasteiger charge is -2.38. The van der Waals surface area contributed by atoms with Crippen LogP contribution in [0.3, 0.4) is 0 Å². The quantitative estimate of drug-likeness (QED) is 0.252. The van der Waals surface area contributed by atoms with E-state index in [9.17, 15) is 14.4 Å². The minimum absolute atomic E-state index is 0.155. The molecule has 4 aromatic carbocycles. The maximum absolute atomic E-state index is 14.9. The second kappa shape index (κ2) is 9.86. The smallest absolute Gasteiger partial charge is 0.238 e. The number of fused-ring (bicyclic) bond motifs is 6. The standard InChI is InChI=1S/C34H24Cl2N2O4/c1-42-22-9-6-8-20(17-22)30(39)29-28(31(40)24-14-13-21(35)18-26(24)36)34(25-11-4-5-12-27(25)37-33(34)41)32-23-10-3-2-7-19(23)15-16-38(29)32/h2-18,28-29,32H,1H3,(H,37,41)/t28-,29+,32+,34-/m0/s1. The number of anilines is 1. The maximum atomic E-state index is 14.9. The minimum atomic E-state index is -1.45. The Bertz CT molecular complexity index is 1840. The molecule has 1 saturated heterocycles. The molecular weight excluding hydrogens is 571 g/mol. The summed E-state index contributed by atoms with van der Waals surface area (Å²) in [5.41, 5.74) is 2.17. The van der Waals surface area contributed by atoms with E-state index in [1.807, 2.05) is 65.7 Å². The van der Waals surface area contributed by atoms with Crippen LogP contribution in [-0.2, 0) is 10.2 Å². The van der Waals surface area contributed by atoms with Crippen molar-refractivity contribution in [1.29, 1.82) is 0 Å². The summed E-state index contributed by atoms with van der Waals surface area (Å²) < 4.78 is 5.41. The summed E-state index contributed by atoms with van der Waals surface area (Å²) in [4.78, 5) is 45.9. The molecule has 0 saturated carbocycles. The van der Waals surface area contributed by atoms with Crippen molar-refractivity contribution in [2.45, 2.75) is 17.5 Å². The Morgan fingerprint density at radius 2 is 1.69 bits per heavy atom. The van der Waals surface area contributed by atoms with E-state index < -0.39 is 29.2 Å². The van der Waals surface area contributed by atoms with Crippen molar-refractivity contribution in [3.8, 4) is 5.75 Å². The zero-order valence-electron chi connectivity index (χ0n) is 22.4. The summed E-state index contributed by atoms with van der Waals surface area (Å²) in [5.74, 6) is -1.68. The Balaban J connectivity index is 1.54. The van der Waals surface area contributed by atoms with Gasteiger partial charge in [0.2, 0.25) is 5.91 Å². The molecule has 6 nitrogen and oxygen atoms in total. The van der Waals surface area contributed by atoms with Gasteiger partial charge in [0.1, 0.15) is 17.2 Å². The van der Waals surface area contributed by atoms with E-state index >= 15 is 0 Å². The summed E-state index contributed by atoms with van der Waals surface area (Å²) >= 11 is 12.8. The molecule has 3 heterocycles. The number of benzene rings is 4. The normalized spacial score (nSPS) is 23.3. The summed E-state index contributed by atoms with van der Waals surface area (Å²) in [5, 5.41) is 3.57. The molecule has 1 fully saturated rings. The van der Waals surface area contributed by atoms with Crippen LogP contribution in [0.15, 0.2) is 97.2 Å². The van der Waals surface area contributed by atoms with Gasteiger partial charge in [-0.05, 0) is 59.2 Å². The van der Waals surface area contributed by atoms with Crippen molar-refractivity contribution in [2.24, 2.45) is 5.92 Å². The predicted molar refractivity (Wildman–Crippen MR) is 162 cm³/mol. The van der Waals surface area contributed by atoms with E-state index in [0.717, 1.165) is 11.1 Å². The molecule has 3 aliphatic rings. The monoisotopic (exact) mass is 594 g/mol. The average Bonchev–Trinajstić information content (AvgIpc) is 3.48. The highest BCUT2D eigenvalue weighted by molar-refractivity contribution is 6.37. The predicted octanol–water partition coefficient (Wildman–Crippen LogP) is 6.98. The zero-order chi connectivity index (χ0) is 29.2. The number of nitrogens with one attached hydrogen (secondary N) is 1. The van der Waals surface area contributed by atoms with Gasteiger partial charge in [-0.2, -0.15) is 0 Å². The van der Waals surface area contributed by atoms with Crippen LogP contribution in [0.25, 0.3) is 6.08 Å². The first kappa shape index (κ1) is 26.5. The number of amides is 1. The van der Waals surface area contributed by atoms with E-state index in [1.54, 1.807) is 36.4 Å². The van der Waals surface area contributed by atoms with Crippen molar-refractivity contribution < 1.29 is 19.1 Å². The molecule has 3 aliphatic heterocycles. The van der Waals surface area contributed by atoms with Gasteiger partial charge in [-0.25, -0.2) is 0 Å². The molecule has 8 heteroatoms. The summed E-state index contributed by atoms with van der Waals surface area (Å²) in [6, 6.07) is 25.0. The van der Waals surface area contributed by atoms with Gasteiger partial charge >= 0.3 is 0 Å². The van der Waals surface area contributed by atoms with Crippen molar-refractivity contribution in [2.75, 3.05) is 12.4 Å². The molecule has 0 bridgehead atoms. The fraction of sp³-hybridized carbons (Fsp3) is 0.147. The maximum Gasteiger partial charge on any atom is 0.238 e. The first-order chi connectivity index (χ1) is 20.4. The number of ether oxygens (including phenoxy) is 1. The lowest BCUT2D eigenvalue weighted by molar-refractivity contribution is -0.122. The van der Waals surface area contributed by atoms with Gasteiger partial charge in [-0.15, -0.1) is 0 Å². The van der Waals surface area contributed by atoms with Gasteiger partial charge in [0, 0.05) is 28.0 Å². The SMILES string of the molecule is COc1cccc(C(=O)[C@H]2[C@@H](C(=O)c3ccc(Cl)cc3Cl)[C@]3(C(=O)Nc4ccccc43)[C@H]3c4ccccc4C=CN23)c1. The number of ketones is 2. The van der Waals surface area contributed by atoms with Crippen molar-refractivity contribution in [1.82, 2.24) is 4.90 Å². The fourth-order valence-electron chi connectivity index (χ4n) is 6.97. The van der Waals surface area contributed by atoms with Crippen molar-refractivity contribution in [3.05, 3.63) is 135 Å². The van der Waals surface area contributed by atoms with Crippen molar-refractivity contribution in [3.63, 3.8) is 0 Å². The average molecular weight is 595 g/mol. The second-order valence-electron chi connectivity index (χ2n) is 10.7. The van der Waals surface area contributed by atoms with Crippen LogP contribution in [0, 0.1) is 5.92 Å². The van der Waals surface area contributed by atoms with Gasteiger partial charge in [-0.1, -0.05) is 77.8 Å². The van der Waals surface area contributed by atoms with Crippen LogP contribution in [-0.4, -0.2) is 35.5 Å². The fourth-order valence-corrected chi connectivity index (χ4v) is 7.47. The van der Waals surface area contributed by atoms with E-state index in [-0.39, 0.29) is 22.3 Å². The number of carbonyl (C=O) groups is 3. The molecule has 0 aliphatic carbocycles. The highest BCUT2D eigenvalue weighted by Crippen LogP contribution is 2.62. The van der Waals surface area contributed by atoms with Crippen LogP contribution in [0.2, 0.25) is 10.0 Å². The Labute approximate surface area is 252 Å². The lowest BCUT2D eigenvalue weighted by atomic mass is 9.62. The molecule has 1 N–H and O–H groups in total.